The monoisotopic (exact) mass is 295 g/mol. The molecule has 21 heavy (non-hydrogen) atoms. The van der Waals surface area contributed by atoms with Crippen LogP contribution in [0, 0.1) is 0 Å². The number of carbonyl (C=O) groups excluding carboxylic acids is 1. The molecule has 0 aromatic heterocycles. The Labute approximate surface area is 126 Å². The third kappa shape index (κ3) is 7.11. The summed E-state index contributed by atoms with van der Waals surface area (Å²) in [6, 6.07) is 7.80. The lowest BCUT2D eigenvalue weighted by Gasteiger charge is -2.18. The summed E-state index contributed by atoms with van der Waals surface area (Å²) < 4.78 is 10.1. The largest absolute Gasteiger partial charge is 0.497 e. The van der Waals surface area contributed by atoms with Crippen LogP contribution < -0.4 is 10.1 Å². The Morgan fingerprint density at radius 2 is 2.05 bits per heavy atom. The normalized spacial score (nSPS) is 12.0. The van der Waals surface area contributed by atoms with E-state index in [4.69, 9.17) is 14.6 Å². The second-order valence-corrected chi connectivity index (χ2v) is 4.79. The van der Waals surface area contributed by atoms with Crippen LogP contribution in [0.3, 0.4) is 0 Å². The highest BCUT2D eigenvalue weighted by molar-refractivity contribution is 5.70. The van der Waals surface area contributed by atoms with Crippen LogP contribution in [0.25, 0.3) is 0 Å². The van der Waals surface area contributed by atoms with Crippen molar-refractivity contribution in [1.82, 2.24) is 5.32 Å². The van der Waals surface area contributed by atoms with Crippen molar-refractivity contribution in [2.45, 2.75) is 32.2 Å². The molecule has 0 spiro atoms. The smallest absolute Gasteiger partial charge is 0.307 e. The van der Waals surface area contributed by atoms with Gasteiger partial charge < -0.3 is 19.9 Å². The van der Waals surface area contributed by atoms with Gasteiger partial charge in [-0.25, -0.2) is 0 Å². The van der Waals surface area contributed by atoms with Gasteiger partial charge in [0.2, 0.25) is 0 Å². The lowest BCUT2D eigenvalue weighted by atomic mass is 10.0. The SMILES string of the molecule is CCOC(=O)CC(Cc1ccc(OC)cc1)NCCCO. The number of hydrogen-bond donors (Lipinski definition) is 2. The van der Waals surface area contributed by atoms with Crippen molar-refractivity contribution in [3.05, 3.63) is 29.8 Å². The molecule has 1 atom stereocenters. The number of rotatable bonds is 10. The fraction of sp³-hybridized carbons (Fsp3) is 0.562. The van der Waals surface area contributed by atoms with Crippen molar-refractivity contribution in [1.29, 1.82) is 0 Å². The van der Waals surface area contributed by atoms with Crippen molar-refractivity contribution in [3.63, 3.8) is 0 Å². The van der Waals surface area contributed by atoms with Gasteiger partial charge in [-0.05, 0) is 44.0 Å². The average Bonchev–Trinajstić information content (AvgIpc) is 2.48. The van der Waals surface area contributed by atoms with Crippen LogP contribution in [0.5, 0.6) is 5.75 Å². The topological polar surface area (TPSA) is 67.8 Å². The fourth-order valence-corrected chi connectivity index (χ4v) is 2.07. The molecular formula is C16H25NO4. The summed E-state index contributed by atoms with van der Waals surface area (Å²) in [6.45, 7) is 3.01. The number of esters is 1. The fourth-order valence-electron chi connectivity index (χ4n) is 2.07. The highest BCUT2D eigenvalue weighted by Crippen LogP contribution is 2.14. The van der Waals surface area contributed by atoms with E-state index >= 15 is 0 Å². The third-order valence-corrected chi connectivity index (χ3v) is 3.13. The van der Waals surface area contributed by atoms with Crippen molar-refractivity contribution >= 4 is 5.97 Å². The van der Waals surface area contributed by atoms with E-state index in [1.54, 1.807) is 14.0 Å². The van der Waals surface area contributed by atoms with E-state index in [9.17, 15) is 4.79 Å². The number of ether oxygens (including phenoxy) is 2. The molecule has 1 rings (SSSR count). The van der Waals surface area contributed by atoms with Crippen LogP contribution in [-0.2, 0) is 16.0 Å². The zero-order valence-electron chi connectivity index (χ0n) is 12.8. The second kappa shape index (κ2) is 10.2. The molecule has 2 N–H and O–H groups in total. The molecule has 5 nitrogen and oxygen atoms in total. The Balaban J connectivity index is 2.58. The molecule has 0 heterocycles. The molecule has 0 radical (unpaired) electrons. The van der Waals surface area contributed by atoms with Gasteiger partial charge in [0.1, 0.15) is 5.75 Å². The van der Waals surface area contributed by atoms with Crippen LogP contribution in [0.15, 0.2) is 24.3 Å². The van der Waals surface area contributed by atoms with Crippen LogP contribution in [0.1, 0.15) is 25.3 Å². The molecule has 1 unspecified atom stereocenters. The summed E-state index contributed by atoms with van der Waals surface area (Å²) in [5.74, 6) is 0.612. The molecule has 0 amide bonds. The van der Waals surface area contributed by atoms with E-state index in [0.29, 0.717) is 26.0 Å². The van der Waals surface area contributed by atoms with E-state index in [2.05, 4.69) is 5.32 Å². The van der Waals surface area contributed by atoms with E-state index in [-0.39, 0.29) is 18.6 Å². The molecule has 0 aliphatic carbocycles. The van der Waals surface area contributed by atoms with Crippen molar-refractivity contribution in [2.24, 2.45) is 0 Å². The molecule has 0 aliphatic heterocycles. The van der Waals surface area contributed by atoms with Crippen LogP contribution in [0.2, 0.25) is 0 Å². The maximum atomic E-state index is 11.6. The van der Waals surface area contributed by atoms with E-state index in [1.165, 1.54) is 0 Å². The van der Waals surface area contributed by atoms with Gasteiger partial charge in [-0.15, -0.1) is 0 Å². The second-order valence-electron chi connectivity index (χ2n) is 4.79. The molecule has 0 saturated heterocycles. The summed E-state index contributed by atoms with van der Waals surface area (Å²) >= 11 is 0. The van der Waals surface area contributed by atoms with E-state index in [1.807, 2.05) is 24.3 Å². The molecule has 0 aliphatic rings. The van der Waals surface area contributed by atoms with Gasteiger partial charge in [0, 0.05) is 12.6 Å². The number of methoxy groups -OCH3 is 1. The summed E-state index contributed by atoms with van der Waals surface area (Å²) in [5, 5.41) is 12.1. The van der Waals surface area contributed by atoms with Crippen LogP contribution in [0.4, 0.5) is 0 Å². The molecule has 1 aromatic carbocycles. The predicted molar refractivity (Wildman–Crippen MR) is 81.4 cm³/mol. The minimum absolute atomic E-state index is 0.00370. The third-order valence-electron chi connectivity index (χ3n) is 3.13. The maximum Gasteiger partial charge on any atom is 0.307 e. The van der Waals surface area contributed by atoms with Gasteiger partial charge in [-0.1, -0.05) is 12.1 Å². The summed E-state index contributed by atoms with van der Waals surface area (Å²) in [7, 11) is 1.63. The molecule has 118 valence electrons. The first-order valence-corrected chi connectivity index (χ1v) is 7.32. The van der Waals surface area contributed by atoms with Gasteiger partial charge in [-0.3, -0.25) is 4.79 Å². The maximum absolute atomic E-state index is 11.6. The predicted octanol–water partition coefficient (Wildman–Crippen LogP) is 1.53. The van der Waals surface area contributed by atoms with Gasteiger partial charge in [-0.2, -0.15) is 0 Å². The van der Waals surface area contributed by atoms with Crippen LogP contribution >= 0.6 is 0 Å². The minimum atomic E-state index is -0.201. The minimum Gasteiger partial charge on any atom is -0.497 e. The Morgan fingerprint density at radius 1 is 1.33 bits per heavy atom. The molecule has 0 fully saturated rings. The van der Waals surface area contributed by atoms with Crippen molar-refractivity contribution in [3.8, 4) is 5.75 Å². The van der Waals surface area contributed by atoms with Gasteiger partial charge >= 0.3 is 5.97 Å². The Kier molecular flexibility index (Phi) is 8.47. The number of hydrogen-bond acceptors (Lipinski definition) is 5. The van der Waals surface area contributed by atoms with E-state index < -0.39 is 0 Å². The van der Waals surface area contributed by atoms with Gasteiger partial charge in [0.05, 0.1) is 20.1 Å². The average molecular weight is 295 g/mol. The lowest BCUT2D eigenvalue weighted by molar-refractivity contribution is -0.143. The van der Waals surface area contributed by atoms with Gasteiger partial charge in [0.15, 0.2) is 0 Å². The first kappa shape index (κ1) is 17.5. The highest BCUT2D eigenvalue weighted by Gasteiger charge is 2.15. The number of aliphatic hydroxyl groups is 1. The number of benzene rings is 1. The lowest BCUT2D eigenvalue weighted by Crippen LogP contribution is -2.35. The summed E-state index contributed by atoms with van der Waals surface area (Å²) in [6.07, 6.45) is 1.72. The van der Waals surface area contributed by atoms with E-state index in [0.717, 1.165) is 17.7 Å². The Hall–Kier alpha value is -1.59. The van der Waals surface area contributed by atoms with Crippen molar-refractivity contribution < 1.29 is 19.4 Å². The molecule has 0 saturated carbocycles. The highest BCUT2D eigenvalue weighted by atomic mass is 16.5. The van der Waals surface area contributed by atoms with Crippen LogP contribution in [-0.4, -0.2) is 44.0 Å². The first-order valence-electron chi connectivity index (χ1n) is 7.32. The molecule has 1 aromatic rings. The Morgan fingerprint density at radius 3 is 2.62 bits per heavy atom. The zero-order chi connectivity index (χ0) is 15.5. The Bertz CT molecular complexity index is 405. The number of carbonyl (C=O) groups is 1. The van der Waals surface area contributed by atoms with Crippen molar-refractivity contribution in [2.75, 3.05) is 26.9 Å². The summed E-state index contributed by atoms with van der Waals surface area (Å²) in [4.78, 5) is 11.6. The molecule has 0 bridgehead atoms. The molecular weight excluding hydrogens is 270 g/mol. The standard InChI is InChI=1S/C16H25NO4/c1-3-21-16(19)12-14(17-9-4-10-18)11-13-5-7-15(20-2)8-6-13/h5-8,14,17-18H,3-4,9-12H2,1-2H3. The number of nitrogens with one attached hydrogen (secondary N) is 1. The zero-order valence-corrected chi connectivity index (χ0v) is 12.8. The van der Waals surface area contributed by atoms with Gasteiger partial charge in [0.25, 0.3) is 0 Å². The quantitative estimate of drug-likeness (QED) is 0.506. The first-order chi connectivity index (χ1) is 10.2. The summed E-state index contributed by atoms with van der Waals surface area (Å²) in [5.41, 5.74) is 1.13. The molecule has 5 heteroatoms. The number of aliphatic hydroxyl groups excluding tert-OH is 1.